The van der Waals surface area contributed by atoms with E-state index in [1.165, 1.54) is 6.42 Å². The first kappa shape index (κ1) is 15.1. The molecule has 2 fully saturated rings. The second-order valence-corrected chi connectivity index (χ2v) is 6.99. The molecular weight excluding hydrogens is 251 g/mol. The van der Waals surface area contributed by atoms with Gasteiger partial charge in [-0.25, -0.2) is 0 Å². The molecule has 0 heterocycles. The molecular formula is C15H26F3N. The molecule has 0 saturated heterocycles. The first-order valence-corrected chi connectivity index (χ1v) is 7.63. The predicted molar refractivity (Wildman–Crippen MR) is 71.0 cm³/mol. The van der Waals surface area contributed by atoms with Crippen molar-refractivity contribution in [3.63, 3.8) is 0 Å². The molecule has 0 aromatic rings. The van der Waals surface area contributed by atoms with Crippen LogP contribution in [0.3, 0.4) is 0 Å². The van der Waals surface area contributed by atoms with Crippen molar-refractivity contribution in [3.8, 4) is 0 Å². The maximum atomic E-state index is 13.1. The van der Waals surface area contributed by atoms with E-state index in [-0.39, 0.29) is 17.5 Å². The summed E-state index contributed by atoms with van der Waals surface area (Å²) in [5, 5.41) is 3.38. The molecule has 0 spiro atoms. The molecule has 0 aromatic heterocycles. The Kier molecular flexibility index (Phi) is 4.49. The van der Waals surface area contributed by atoms with Crippen LogP contribution in [0.2, 0.25) is 0 Å². The van der Waals surface area contributed by atoms with Gasteiger partial charge in [0.05, 0.1) is 5.92 Å². The lowest BCUT2D eigenvalue weighted by Gasteiger charge is -2.44. The maximum Gasteiger partial charge on any atom is 0.393 e. The summed E-state index contributed by atoms with van der Waals surface area (Å²) in [6.07, 6.45) is 3.07. The van der Waals surface area contributed by atoms with Crippen molar-refractivity contribution < 1.29 is 13.2 Å². The second-order valence-electron chi connectivity index (χ2n) is 6.99. The monoisotopic (exact) mass is 277 g/mol. The van der Waals surface area contributed by atoms with Crippen LogP contribution in [0.15, 0.2) is 0 Å². The highest BCUT2D eigenvalue weighted by molar-refractivity contribution is 4.94. The fourth-order valence-electron chi connectivity index (χ4n) is 3.78. The average molecular weight is 277 g/mol. The lowest BCUT2D eigenvalue weighted by molar-refractivity contribution is -0.190. The van der Waals surface area contributed by atoms with Gasteiger partial charge in [0.1, 0.15) is 0 Å². The van der Waals surface area contributed by atoms with Crippen LogP contribution in [0.5, 0.6) is 0 Å². The fourth-order valence-corrected chi connectivity index (χ4v) is 3.78. The normalized spacial score (nSPS) is 36.2. The van der Waals surface area contributed by atoms with Gasteiger partial charge < -0.3 is 5.32 Å². The number of hydrogen-bond donors (Lipinski definition) is 1. The predicted octanol–water partition coefficient (Wildman–Crippen LogP) is 4.67. The Morgan fingerprint density at radius 2 is 1.58 bits per heavy atom. The lowest BCUT2D eigenvalue weighted by Crippen LogP contribution is -2.54. The highest BCUT2D eigenvalue weighted by atomic mass is 19.4. The minimum Gasteiger partial charge on any atom is -0.310 e. The van der Waals surface area contributed by atoms with E-state index in [2.05, 4.69) is 19.2 Å². The molecule has 3 atom stereocenters. The molecule has 0 amide bonds. The zero-order valence-electron chi connectivity index (χ0n) is 12.0. The maximum absolute atomic E-state index is 13.1. The van der Waals surface area contributed by atoms with Crippen molar-refractivity contribution in [2.45, 2.75) is 83.5 Å². The summed E-state index contributed by atoms with van der Waals surface area (Å²) in [6, 6.07) is -0.120. The Bertz CT molecular complexity index is 298. The third-order valence-electron chi connectivity index (χ3n) is 5.11. The van der Waals surface area contributed by atoms with Gasteiger partial charge in [0.15, 0.2) is 0 Å². The summed E-state index contributed by atoms with van der Waals surface area (Å²) in [5.74, 6) is -1.14. The summed E-state index contributed by atoms with van der Waals surface area (Å²) in [7, 11) is 0. The van der Waals surface area contributed by atoms with E-state index in [4.69, 9.17) is 0 Å². The van der Waals surface area contributed by atoms with Crippen LogP contribution in [-0.2, 0) is 0 Å². The average Bonchev–Trinajstić information content (AvgIpc) is 2.31. The number of halogens is 3. The SMILES string of the molecule is CC1(C)CCCCC1NC1CCCCC1C(F)(F)F. The summed E-state index contributed by atoms with van der Waals surface area (Å²) >= 11 is 0. The number of hydrogen-bond acceptors (Lipinski definition) is 1. The van der Waals surface area contributed by atoms with Crippen molar-refractivity contribution in [1.82, 2.24) is 5.32 Å². The lowest BCUT2D eigenvalue weighted by atomic mass is 9.72. The second kappa shape index (κ2) is 5.63. The molecule has 0 aliphatic heterocycles. The van der Waals surface area contributed by atoms with Gasteiger partial charge in [-0.15, -0.1) is 0 Å². The van der Waals surface area contributed by atoms with Crippen LogP contribution in [0.25, 0.3) is 0 Å². The fraction of sp³-hybridized carbons (Fsp3) is 1.00. The van der Waals surface area contributed by atoms with Gasteiger partial charge in [-0.05, 0) is 31.1 Å². The van der Waals surface area contributed by atoms with Crippen LogP contribution in [-0.4, -0.2) is 18.3 Å². The largest absolute Gasteiger partial charge is 0.393 e. The summed E-state index contributed by atoms with van der Waals surface area (Å²) in [5.41, 5.74) is 0.131. The van der Waals surface area contributed by atoms with Crippen molar-refractivity contribution >= 4 is 0 Å². The van der Waals surface area contributed by atoms with E-state index in [0.717, 1.165) is 32.1 Å². The molecule has 1 nitrogen and oxygen atoms in total. The molecule has 2 saturated carbocycles. The molecule has 112 valence electrons. The zero-order chi connectivity index (χ0) is 14.1. The highest BCUT2D eigenvalue weighted by Gasteiger charge is 2.47. The third kappa shape index (κ3) is 3.65. The Labute approximate surface area is 114 Å². The van der Waals surface area contributed by atoms with Gasteiger partial charge in [0.25, 0.3) is 0 Å². The van der Waals surface area contributed by atoms with Crippen LogP contribution in [0.4, 0.5) is 13.2 Å². The third-order valence-corrected chi connectivity index (χ3v) is 5.11. The van der Waals surface area contributed by atoms with E-state index in [1.807, 2.05) is 0 Å². The summed E-state index contributed by atoms with van der Waals surface area (Å²) in [4.78, 5) is 0. The topological polar surface area (TPSA) is 12.0 Å². The number of nitrogens with one attached hydrogen (secondary N) is 1. The molecule has 4 heteroatoms. The van der Waals surface area contributed by atoms with Crippen molar-refractivity contribution in [3.05, 3.63) is 0 Å². The van der Waals surface area contributed by atoms with Gasteiger partial charge in [0, 0.05) is 12.1 Å². The summed E-state index contributed by atoms with van der Waals surface area (Å²) in [6.45, 7) is 4.38. The molecule has 0 bridgehead atoms. The number of rotatable bonds is 2. The molecule has 0 aromatic carbocycles. The van der Waals surface area contributed by atoms with Gasteiger partial charge >= 0.3 is 6.18 Å². The van der Waals surface area contributed by atoms with Crippen molar-refractivity contribution in [2.75, 3.05) is 0 Å². The molecule has 2 aliphatic rings. The Hall–Kier alpha value is -0.250. The van der Waals surface area contributed by atoms with Crippen LogP contribution in [0, 0.1) is 11.3 Å². The minimum atomic E-state index is -4.04. The summed E-state index contributed by atoms with van der Waals surface area (Å²) < 4.78 is 39.3. The smallest absolute Gasteiger partial charge is 0.310 e. The van der Waals surface area contributed by atoms with Gasteiger partial charge in [-0.2, -0.15) is 13.2 Å². The minimum absolute atomic E-state index is 0.131. The van der Waals surface area contributed by atoms with Crippen LogP contribution >= 0.6 is 0 Å². The highest BCUT2D eigenvalue weighted by Crippen LogP contribution is 2.41. The molecule has 2 aliphatic carbocycles. The molecule has 1 N–H and O–H groups in total. The van der Waals surface area contributed by atoms with Gasteiger partial charge in [-0.1, -0.05) is 39.5 Å². The Morgan fingerprint density at radius 1 is 0.947 bits per heavy atom. The van der Waals surface area contributed by atoms with E-state index in [0.29, 0.717) is 12.8 Å². The van der Waals surface area contributed by atoms with Crippen LogP contribution in [0.1, 0.15) is 65.2 Å². The van der Waals surface area contributed by atoms with Crippen molar-refractivity contribution in [1.29, 1.82) is 0 Å². The first-order valence-electron chi connectivity index (χ1n) is 7.63. The zero-order valence-corrected chi connectivity index (χ0v) is 12.0. The standard InChI is InChI=1S/C15H26F3N/c1-14(2)10-6-5-9-13(14)19-12-8-4-3-7-11(12)15(16,17)18/h11-13,19H,3-10H2,1-2H3. The van der Waals surface area contributed by atoms with Gasteiger partial charge in [0.2, 0.25) is 0 Å². The molecule has 0 radical (unpaired) electrons. The van der Waals surface area contributed by atoms with E-state index in [9.17, 15) is 13.2 Å². The van der Waals surface area contributed by atoms with Gasteiger partial charge in [-0.3, -0.25) is 0 Å². The Morgan fingerprint density at radius 3 is 2.21 bits per heavy atom. The quantitative estimate of drug-likeness (QED) is 0.773. The molecule has 3 unspecified atom stereocenters. The first-order chi connectivity index (χ1) is 8.81. The van der Waals surface area contributed by atoms with E-state index in [1.54, 1.807) is 0 Å². The van der Waals surface area contributed by atoms with E-state index >= 15 is 0 Å². The number of alkyl halides is 3. The van der Waals surface area contributed by atoms with Crippen LogP contribution < -0.4 is 5.32 Å². The van der Waals surface area contributed by atoms with E-state index < -0.39 is 12.1 Å². The molecule has 19 heavy (non-hydrogen) atoms. The Balaban J connectivity index is 2.03. The molecule has 2 rings (SSSR count). The van der Waals surface area contributed by atoms with Crippen molar-refractivity contribution in [2.24, 2.45) is 11.3 Å².